The summed E-state index contributed by atoms with van der Waals surface area (Å²) < 4.78 is 3.11. The van der Waals surface area contributed by atoms with E-state index in [9.17, 15) is 0 Å². The first-order valence-electron chi connectivity index (χ1n) is 30.6. The van der Waals surface area contributed by atoms with Crippen LogP contribution in [0, 0.1) is 94.7 Å². The molecular formula is C64H80FeP2. The molecule has 1 spiro atoms. The summed E-state index contributed by atoms with van der Waals surface area (Å²) in [6.07, 6.45) is 37.7. The maximum absolute atomic E-state index is 4.63. The van der Waals surface area contributed by atoms with Gasteiger partial charge in [0.05, 0.1) is 0 Å². The van der Waals surface area contributed by atoms with Gasteiger partial charge in [-0.1, -0.05) is 0 Å². The van der Waals surface area contributed by atoms with Gasteiger partial charge in [0.15, 0.2) is 0 Å². The molecule has 10 heterocycles. The second kappa shape index (κ2) is 7.59. The van der Waals surface area contributed by atoms with Crippen molar-refractivity contribution in [2.24, 2.45) is 94.7 Å². The summed E-state index contributed by atoms with van der Waals surface area (Å²) in [7, 11) is 0.145. The van der Waals surface area contributed by atoms with Crippen LogP contribution in [0.3, 0.4) is 0 Å². The molecule has 10 saturated heterocycles. The molecule has 2 aromatic rings. The summed E-state index contributed by atoms with van der Waals surface area (Å²) in [5.74, 6) is 18.3. The second-order valence-corrected chi connectivity index (χ2v) is 61.8. The third kappa shape index (κ3) is 1.51. The van der Waals surface area contributed by atoms with Gasteiger partial charge in [-0.05, 0) is 0 Å². The normalized spacial score (nSPS) is 76.2. The fraction of sp³-hybridized carbons (Fsp3) is 0.812. The second-order valence-electron chi connectivity index (χ2n) is 34.0. The molecule has 16 saturated carbocycles. The molecule has 26 fully saturated rings. The van der Waals surface area contributed by atoms with Gasteiger partial charge in [-0.25, -0.2) is 0 Å². The minimum atomic E-state index is -4.63. The Labute approximate surface area is 395 Å². The van der Waals surface area contributed by atoms with Crippen molar-refractivity contribution < 1.29 is 6.51 Å². The van der Waals surface area contributed by atoms with Crippen LogP contribution >= 0.6 is 15.8 Å². The molecule has 0 amide bonds. The van der Waals surface area contributed by atoms with Crippen molar-refractivity contribution in [3.63, 3.8) is 0 Å². The van der Waals surface area contributed by atoms with E-state index in [1.54, 1.807) is 128 Å². The predicted octanol–water partition coefficient (Wildman–Crippen LogP) is 16.6. The molecule has 0 nitrogen and oxygen atoms in total. The van der Waals surface area contributed by atoms with Crippen molar-refractivity contribution in [1.29, 1.82) is 0 Å². The molecule has 354 valence electrons. The van der Waals surface area contributed by atoms with Gasteiger partial charge in [-0.15, -0.1) is 0 Å². The van der Waals surface area contributed by atoms with Gasteiger partial charge >= 0.3 is 398 Å². The van der Waals surface area contributed by atoms with Crippen LogP contribution in [0.1, 0.15) is 140 Å². The van der Waals surface area contributed by atoms with E-state index in [-0.39, 0.29) is 15.8 Å². The van der Waals surface area contributed by atoms with Crippen molar-refractivity contribution in [3.8, 4) is 0 Å². The minimum absolute atomic E-state index is 0.0569. The standard InChI is InChI=1S/C59H75P2.C5H5.Fe/c1-3-7-42(8-4-1)53-31-52(32-60(56-44-15-34-11-35(17-44)18-45(56)16-34)57-46-19-36-12-37(21-46)22-47(57)20-36)54(55(53)43-9-5-2-6-10-43)33-61(58-48-23-38-13-39(25-48)26-49(58)24-38)59-50-27-40-14-41(29-50)30-51(59)28-40;1-2-4-5-3-1;/h1-10,31,34-41,44-51,56-59H,11-30,32-33H2;1-5H;. The van der Waals surface area contributed by atoms with Crippen molar-refractivity contribution >= 4 is 15.8 Å². The van der Waals surface area contributed by atoms with Crippen molar-refractivity contribution in [2.45, 2.75) is 197 Å². The Balaban J connectivity index is 0.778. The molecule has 26 aliphatic rings. The first-order valence-corrected chi connectivity index (χ1v) is 40.0. The van der Waals surface area contributed by atoms with Gasteiger partial charge in [0.25, 0.3) is 0 Å². The molecule has 5 atom stereocenters. The fourth-order valence-corrected chi connectivity index (χ4v) is 138. The van der Waals surface area contributed by atoms with E-state index in [0.717, 1.165) is 103 Å². The van der Waals surface area contributed by atoms with Gasteiger partial charge in [-0.2, -0.15) is 0 Å². The van der Waals surface area contributed by atoms with E-state index < -0.39 is 6.51 Å². The molecule has 0 radical (unpaired) electrons. The molecule has 16 aliphatic carbocycles. The van der Waals surface area contributed by atoms with E-state index in [0.29, 0.717) is 8.63 Å². The molecule has 28 rings (SSSR count). The van der Waals surface area contributed by atoms with Crippen LogP contribution in [0.4, 0.5) is 0 Å². The van der Waals surface area contributed by atoms with Crippen LogP contribution in [-0.4, -0.2) is 35.0 Å². The Kier molecular flexibility index (Phi) is 4.07. The number of hydrogen-bond acceptors (Lipinski definition) is 0. The van der Waals surface area contributed by atoms with E-state index >= 15 is 0 Å². The molecule has 10 aliphatic heterocycles. The molecule has 5 unspecified atom stereocenters. The first kappa shape index (κ1) is 35.9. The SMILES string of the molecule is c1ccc([C]23[CH]4[C]5(CP(C6C7CC8CC(C7)CC6C8)C6C7CC8CC(C7)CC6C8)[C]6(CP(C7C8CC9CC(C8)CC7C9)C7C8CC9CC(C8)CC7C9)[C]2(c2ccccc2)[Fe]45362789[CH]3[CH]2[CH]7[CH]8[CH]39)cc1. The third-order valence-corrected chi connectivity index (χ3v) is 90.8. The van der Waals surface area contributed by atoms with E-state index in [1.807, 2.05) is 17.9 Å². The summed E-state index contributed by atoms with van der Waals surface area (Å²) >= 11 is 0. The Morgan fingerprint density at radius 2 is 0.657 bits per heavy atom. The number of fused-ring (bicyclic) bond motifs is 10. The Morgan fingerprint density at radius 1 is 0.358 bits per heavy atom. The van der Waals surface area contributed by atoms with E-state index in [1.165, 1.54) is 51.5 Å². The van der Waals surface area contributed by atoms with Gasteiger partial charge in [0, 0.05) is 0 Å². The summed E-state index contributed by atoms with van der Waals surface area (Å²) in [5, 5.41) is 0. The Hall–Kier alpha value is -0.181. The Bertz CT molecular complexity index is 2910. The molecule has 16 bridgehead atoms. The zero-order chi connectivity index (χ0) is 42.3. The zero-order valence-electron chi connectivity index (χ0n) is 40.6. The fourth-order valence-electron chi connectivity index (χ4n) is 41.2. The van der Waals surface area contributed by atoms with Gasteiger partial charge in [0.2, 0.25) is 0 Å². The molecule has 3 heteroatoms. The first-order chi connectivity index (χ1) is 32.8. The molecule has 67 heavy (non-hydrogen) atoms. The van der Waals surface area contributed by atoms with Crippen LogP contribution in [0.15, 0.2) is 60.7 Å². The quantitative estimate of drug-likeness (QED) is 0.164. The molecule has 2 aromatic carbocycles. The average molecular weight is 967 g/mol. The van der Waals surface area contributed by atoms with Crippen LogP contribution in [0.2, 0.25) is 37.5 Å². The van der Waals surface area contributed by atoms with Gasteiger partial charge in [-0.3, -0.25) is 0 Å². The van der Waals surface area contributed by atoms with Crippen LogP contribution in [0.5, 0.6) is 0 Å². The topological polar surface area (TPSA) is 0 Å². The molecular weight excluding hydrogens is 886 g/mol. The van der Waals surface area contributed by atoms with Gasteiger partial charge in [0.1, 0.15) is 0 Å². The molecule has 0 aromatic heterocycles. The zero-order valence-corrected chi connectivity index (χ0v) is 43.5. The van der Waals surface area contributed by atoms with Crippen molar-refractivity contribution in [3.05, 3.63) is 71.8 Å². The Morgan fingerprint density at radius 3 is 0.970 bits per heavy atom. The number of rotatable bonds is 10. The maximum atomic E-state index is 2.92. The van der Waals surface area contributed by atoms with Gasteiger partial charge < -0.3 is 0 Å². The predicted molar refractivity (Wildman–Crippen MR) is 271 cm³/mol. The number of benzene rings is 2. The van der Waals surface area contributed by atoms with Crippen molar-refractivity contribution in [1.82, 2.24) is 0 Å². The average Bonchev–Trinajstić information content (AvgIpc) is 4.27. The van der Waals surface area contributed by atoms with Crippen LogP contribution < -0.4 is 0 Å². The van der Waals surface area contributed by atoms with E-state index in [2.05, 4.69) is 66.2 Å². The summed E-state index contributed by atoms with van der Waals surface area (Å²) in [6, 6.07) is 27.0. The van der Waals surface area contributed by atoms with E-state index in [4.69, 9.17) is 0 Å². The number of hydrogen-bond donors (Lipinski definition) is 0. The molecule has 0 N–H and O–H groups in total. The van der Waals surface area contributed by atoms with Crippen LogP contribution in [0.25, 0.3) is 0 Å². The van der Waals surface area contributed by atoms with Crippen molar-refractivity contribution in [2.75, 3.05) is 12.3 Å². The third-order valence-electron chi connectivity index (χ3n) is 37.3. The van der Waals surface area contributed by atoms with Crippen LogP contribution in [-0.2, 0) is 15.1 Å². The summed E-state index contributed by atoms with van der Waals surface area (Å²) in [4.78, 5) is 7.93. The monoisotopic (exact) mass is 967 g/mol. The summed E-state index contributed by atoms with van der Waals surface area (Å²) in [6.45, 7) is -4.63. The summed E-state index contributed by atoms with van der Waals surface area (Å²) in [5.41, 5.74) is 8.89.